The summed E-state index contributed by atoms with van der Waals surface area (Å²) in [5.74, 6) is 1.25. The maximum absolute atomic E-state index is 10.5. The Labute approximate surface area is 26.9 Å². The van der Waals surface area contributed by atoms with Gasteiger partial charge in [-0.2, -0.15) is 0 Å². The highest BCUT2D eigenvalue weighted by atomic mass is 31.0. The van der Waals surface area contributed by atoms with E-state index in [1.807, 2.05) is 0 Å². The number of hydrogen-bond donors (Lipinski definition) is 0. The van der Waals surface area contributed by atoms with E-state index in [4.69, 9.17) is 0 Å². The van der Waals surface area contributed by atoms with Crippen molar-refractivity contribution in [2.75, 3.05) is 0 Å². The molecule has 0 aliphatic carbocycles. The predicted octanol–water partition coefficient (Wildman–Crippen LogP) is 1.30. The van der Waals surface area contributed by atoms with Gasteiger partial charge in [0.1, 0.15) is 0 Å². The highest BCUT2D eigenvalue weighted by Crippen LogP contribution is 1.79. The Balaban J connectivity index is 2.55. The Bertz CT molecular complexity index is 21.2. The molecular weight excluding hydrogens is 74.0 g/mol. The molecule has 0 aliphatic heterocycles. The van der Waals surface area contributed by atoms with E-state index in [1.165, 1.54) is 5.82 Å². The lowest BCUT2D eigenvalue weighted by molar-refractivity contribution is 0.723. The molecule has 0 bridgehead atoms. The van der Waals surface area contributed by atoms with Gasteiger partial charge in [0.2, 0.25) is 0 Å². The van der Waals surface area contributed by atoms with Crippen molar-refractivity contribution in [3.63, 3.8) is 0 Å². The zero-order valence-electron chi connectivity index (χ0n) is 2.11. The van der Waals surface area contributed by atoms with Crippen molar-refractivity contribution in [2.24, 2.45) is 0 Å². The first-order chi connectivity index (χ1) is 1.91. The summed E-state index contributed by atoms with van der Waals surface area (Å²) in [5, 5.41) is 0. The molecule has 1 atom stereocenters. The molecule has 0 rings (SSSR count). The van der Waals surface area contributed by atoms with E-state index in [0.29, 0.717) is 6.33 Å². The first-order valence-corrected chi connectivity index (χ1v) is 1.55. The fraction of sp³-hybridized carbons (Fsp3) is 0. The first-order valence-electron chi connectivity index (χ1n) is 0.885. The van der Waals surface area contributed by atoms with Crippen LogP contribution in [0.25, 0.3) is 0 Å². The van der Waals surface area contributed by atoms with Crippen molar-refractivity contribution in [1.82, 2.24) is 0 Å². The van der Waals surface area contributed by atoms with Gasteiger partial charge in [-0.1, -0.05) is 0 Å². The number of halogens is 1. The van der Waals surface area contributed by atoms with E-state index in [9.17, 15) is 4.39 Å². The van der Waals surface area contributed by atoms with Crippen LogP contribution < -0.4 is 0 Å². The molecule has 0 N–H and O–H groups in total. The second-order valence-corrected chi connectivity index (χ2v) is 0.703. The minimum absolute atomic E-state index is 0.463. The maximum Gasteiger partial charge on any atom is 0.0866 e. The molecule has 0 nitrogen and oxygen atoms in total. The minimum Gasteiger partial charge on any atom is -0.216 e. The predicted molar refractivity (Wildman–Crippen MR) is 20.0 cm³/mol. The molecule has 0 aromatic rings. The molecule has 4 heavy (non-hydrogen) atoms. The quantitative estimate of drug-likeness (QED) is 0.383. The van der Waals surface area contributed by atoms with Crippen molar-refractivity contribution in [3.05, 3.63) is 12.1 Å². The average molecular weight is 78.0 g/mol. The van der Waals surface area contributed by atoms with Crippen LogP contribution in [-0.4, -0.2) is 0 Å². The molecule has 0 spiro atoms. The van der Waals surface area contributed by atoms with Crippen molar-refractivity contribution in [2.45, 2.75) is 0 Å². The molecule has 0 amide bonds. The fourth-order valence-corrected chi connectivity index (χ4v) is 0. The molecule has 1 unspecified atom stereocenters. The Kier molecular flexibility index (Phi) is 3.18. The summed E-state index contributed by atoms with van der Waals surface area (Å²) in [5.41, 5.74) is 0. The Morgan fingerprint density at radius 1 is 1.75 bits per heavy atom. The summed E-state index contributed by atoms with van der Waals surface area (Å²) in [4.78, 5) is 0. The first kappa shape index (κ1) is 4.10. The van der Waals surface area contributed by atoms with Crippen LogP contribution >= 0.6 is 9.24 Å². The van der Waals surface area contributed by atoms with Crippen molar-refractivity contribution >= 4 is 9.24 Å². The largest absolute Gasteiger partial charge is 0.216 e. The summed E-state index contributed by atoms with van der Waals surface area (Å²) in [6.07, 6.45) is 0.463. The fourth-order valence-electron chi connectivity index (χ4n) is 0. The van der Waals surface area contributed by atoms with Crippen molar-refractivity contribution < 1.29 is 4.39 Å². The van der Waals surface area contributed by atoms with E-state index in [1.54, 1.807) is 0 Å². The number of hydrogen-bond acceptors (Lipinski definition) is 0. The normalized spacial score (nSPS) is 9.50. The third-order valence-electron chi connectivity index (χ3n) is 0.0727. The lowest BCUT2D eigenvalue weighted by atomic mass is 11.2. The molecule has 2 heteroatoms. The average Bonchev–Trinajstić information content (AvgIpc) is 1.37. The van der Waals surface area contributed by atoms with Crippen molar-refractivity contribution in [1.29, 1.82) is 0 Å². The van der Waals surface area contributed by atoms with Crippen LogP contribution in [0, 0.1) is 0 Å². The van der Waals surface area contributed by atoms with Gasteiger partial charge >= 0.3 is 0 Å². The van der Waals surface area contributed by atoms with Gasteiger partial charge < -0.3 is 0 Å². The van der Waals surface area contributed by atoms with Gasteiger partial charge in [0.25, 0.3) is 0 Å². The van der Waals surface area contributed by atoms with Gasteiger partial charge in [0.05, 0.1) is 6.33 Å². The summed E-state index contributed by atoms with van der Waals surface area (Å²) in [6, 6.07) is 0. The molecule has 0 aromatic carbocycles. The van der Waals surface area contributed by atoms with Crippen LogP contribution in [0.4, 0.5) is 4.39 Å². The molecular formula is C2H4FP. The summed E-state index contributed by atoms with van der Waals surface area (Å²) >= 11 is 0. The van der Waals surface area contributed by atoms with Gasteiger partial charge in [-0.25, -0.2) is 4.39 Å². The molecule has 24 valence electrons. The lowest BCUT2D eigenvalue weighted by Crippen LogP contribution is -1.13. The van der Waals surface area contributed by atoms with Crippen LogP contribution in [0.2, 0.25) is 0 Å². The Morgan fingerprint density at radius 2 is 2.00 bits per heavy atom. The molecule has 0 aromatic heterocycles. The molecule has 0 saturated heterocycles. The molecule has 0 heterocycles. The van der Waals surface area contributed by atoms with Crippen LogP contribution in [0.1, 0.15) is 0 Å². The van der Waals surface area contributed by atoms with E-state index in [0.717, 1.165) is 0 Å². The standard InChI is InChI=1S/C2H4FP/c3-1-2-4/h1-2H,4H2. The van der Waals surface area contributed by atoms with Crippen LogP contribution in [0.15, 0.2) is 12.1 Å². The zero-order valence-corrected chi connectivity index (χ0v) is 3.26. The SMILES string of the molecule is FC=CP. The zero-order chi connectivity index (χ0) is 3.41. The van der Waals surface area contributed by atoms with Gasteiger partial charge in [0, 0.05) is 0 Å². The van der Waals surface area contributed by atoms with Crippen LogP contribution in [0.5, 0.6) is 0 Å². The summed E-state index contributed by atoms with van der Waals surface area (Å²) in [7, 11) is 2.10. The van der Waals surface area contributed by atoms with Crippen LogP contribution in [0.3, 0.4) is 0 Å². The van der Waals surface area contributed by atoms with E-state index in [2.05, 4.69) is 9.24 Å². The van der Waals surface area contributed by atoms with Gasteiger partial charge in [-0.05, 0) is 5.82 Å². The summed E-state index contributed by atoms with van der Waals surface area (Å²) in [6.45, 7) is 0. The van der Waals surface area contributed by atoms with Crippen molar-refractivity contribution in [3.8, 4) is 0 Å². The second kappa shape index (κ2) is 3.10. The smallest absolute Gasteiger partial charge is 0.0866 e. The molecule has 0 fully saturated rings. The molecule has 0 radical (unpaired) electrons. The lowest BCUT2D eigenvalue weighted by Gasteiger charge is -1.46. The van der Waals surface area contributed by atoms with E-state index < -0.39 is 0 Å². The monoisotopic (exact) mass is 78.0 g/mol. The topological polar surface area (TPSA) is 0 Å². The Hall–Kier alpha value is 0.100. The minimum atomic E-state index is 0.463. The highest BCUT2D eigenvalue weighted by molar-refractivity contribution is 7.20. The molecule has 0 saturated carbocycles. The maximum atomic E-state index is 10.5. The van der Waals surface area contributed by atoms with Crippen LogP contribution in [-0.2, 0) is 0 Å². The second-order valence-electron chi connectivity index (χ2n) is 0.318. The molecule has 0 aliphatic rings. The van der Waals surface area contributed by atoms with Gasteiger partial charge in [-0.15, -0.1) is 9.24 Å². The number of rotatable bonds is 0. The third-order valence-corrected chi connectivity index (χ3v) is 0.218. The van der Waals surface area contributed by atoms with E-state index >= 15 is 0 Å². The highest BCUT2D eigenvalue weighted by Gasteiger charge is 1.38. The third kappa shape index (κ3) is 2.10. The summed E-state index contributed by atoms with van der Waals surface area (Å²) < 4.78 is 10.5. The van der Waals surface area contributed by atoms with Gasteiger partial charge in [-0.3, -0.25) is 0 Å². The van der Waals surface area contributed by atoms with E-state index in [-0.39, 0.29) is 0 Å². The Morgan fingerprint density at radius 3 is 2.00 bits per heavy atom. The van der Waals surface area contributed by atoms with Gasteiger partial charge in [0.15, 0.2) is 0 Å².